The van der Waals surface area contributed by atoms with Crippen molar-refractivity contribution in [1.82, 2.24) is 14.9 Å². The van der Waals surface area contributed by atoms with Gasteiger partial charge in [0.1, 0.15) is 11.2 Å². The molecule has 1 aliphatic rings. The number of aromatic nitrogens is 2. The van der Waals surface area contributed by atoms with Gasteiger partial charge in [-0.25, -0.2) is 9.78 Å². The van der Waals surface area contributed by atoms with Crippen LogP contribution in [0.2, 0.25) is 0 Å². The van der Waals surface area contributed by atoms with Gasteiger partial charge in [0.05, 0.1) is 18.8 Å². The Morgan fingerprint density at radius 1 is 1.10 bits per heavy atom. The molecule has 7 nitrogen and oxygen atoms in total. The molecule has 4 rings (SSSR count). The van der Waals surface area contributed by atoms with Gasteiger partial charge in [-0.2, -0.15) is 0 Å². The maximum atomic E-state index is 13.5. The van der Waals surface area contributed by atoms with Crippen molar-refractivity contribution in [2.24, 2.45) is 0 Å². The second kappa shape index (κ2) is 10.7. The van der Waals surface area contributed by atoms with Crippen molar-refractivity contribution in [1.29, 1.82) is 0 Å². The lowest BCUT2D eigenvalue weighted by atomic mass is 10.1. The lowest BCUT2D eigenvalue weighted by Crippen LogP contribution is -2.45. The third-order valence-electron chi connectivity index (χ3n) is 5.09. The van der Waals surface area contributed by atoms with Crippen LogP contribution in [0.15, 0.2) is 53.5 Å². The van der Waals surface area contributed by atoms with E-state index in [1.165, 1.54) is 0 Å². The summed E-state index contributed by atoms with van der Waals surface area (Å²) in [5.74, 6) is -0.585. The van der Waals surface area contributed by atoms with Crippen LogP contribution < -0.4 is 15.8 Å². The van der Waals surface area contributed by atoms with Gasteiger partial charge >= 0.3 is 5.97 Å². The first-order valence-electron chi connectivity index (χ1n) is 10.9. The number of nitrogens with zero attached hydrogens (tertiary/aromatic N) is 3. The number of pyridine rings is 2. The molecule has 0 aliphatic carbocycles. The average molecular weight is 423 g/mol. The molecule has 2 aromatic heterocycles. The van der Waals surface area contributed by atoms with E-state index in [4.69, 9.17) is 4.74 Å². The highest BCUT2D eigenvalue weighted by Gasteiger charge is 2.28. The van der Waals surface area contributed by atoms with Gasteiger partial charge in [-0.05, 0) is 24.6 Å². The molecular formula is C24H30N4O3. The minimum absolute atomic E-state index is 0.0881. The van der Waals surface area contributed by atoms with Crippen molar-refractivity contribution in [2.75, 3.05) is 37.7 Å². The fourth-order valence-corrected chi connectivity index (χ4v) is 3.78. The van der Waals surface area contributed by atoms with Crippen molar-refractivity contribution in [3.8, 4) is 0 Å². The Kier molecular flexibility index (Phi) is 7.78. The molecule has 0 unspecified atom stereocenters. The van der Waals surface area contributed by atoms with E-state index in [0.29, 0.717) is 31.0 Å². The smallest absolute Gasteiger partial charge is 0.345 e. The van der Waals surface area contributed by atoms with Crippen molar-refractivity contribution < 1.29 is 9.53 Å². The summed E-state index contributed by atoms with van der Waals surface area (Å²) in [5.41, 5.74) is 1.88. The first kappa shape index (κ1) is 22.5. The second-order valence-corrected chi connectivity index (χ2v) is 6.93. The molecule has 7 heteroatoms. The van der Waals surface area contributed by atoms with Crippen molar-refractivity contribution in [3.05, 3.63) is 70.1 Å². The molecule has 1 saturated heterocycles. The number of ether oxygens (including phenoxy) is 1. The Labute approximate surface area is 182 Å². The molecule has 0 spiro atoms. The Morgan fingerprint density at radius 3 is 2.48 bits per heavy atom. The van der Waals surface area contributed by atoms with E-state index in [9.17, 15) is 9.59 Å². The Morgan fingerprint density at radius 2 is 1.81 bits per heavy atom. The van der Waals surface area contributed by atoms with E-state index < -0.39 is 5.97 Å². The molecule has 164 valence electrons. The predicted molar refractivity (Wildman–Crippen MR) is 124 cm³/mol. The molecule has 1 N–H and O–H groups in total. The normalized spacial score (nSPS) is 13.5. The number of rotatable bonds is 5. The summed E-state index contributed by atoms with van der Waals surface area (Å²) in [7, 11) is 0. The van der Waals surface area contributed by atoms with E-state index in [2.05, 4.69) is 15.2 Å². The topological polar surface area (TPSA) is 76.5 Å². The molecule has 0 amide bonds. The molecule has 1 aromatic carbocycles. The number of nitrogens with one attached hydrogen (secondary N) is 1. The quantitative estimate of drug-likeness (QED) is 0.637. The SMILES string of the molecule is CC.CCOC(=O)c1c(N2CCNCC2)c2cccnc2n(Cc2ccccc2)c1=O. The number of carbonyl (C=O) groups is 1. The first-order valence-corrected chi connectivity index (χ1v) is 10.9. The zero-order valence-corrected chi connectivity index (χ0v) is 18.4. The number of fused-ring (bicyclic) bond motifs is 1. The maximum absolute atomic E-state index is 13.5. The number of esters is 1. The highest BCUT2D eigenvalue weighted by Crippen LogP contribution is 2.29. The number of hydrogen-bond acceptors (Lipinski definition) is 6. The highest BCUT2D eigenvalue weighted by molar-refractivity contribution is 6.04. The van der Waals surface area contributed by atoms with Gasteiger partial charge < -0.3 is 15.0 Å². The summed E-state index contributed by atoms with van der Waals surface area (Å²) >= 11 is 0. The first-order chi connectivity index (χ1) is 15.2. The summed E-state index contributed by atoms with van der Waals surface area (Å²) in [4.78, 5) is 33.0. The third-order valence-corrected chi connectivity index (χ3v) is 5.09. The lowest BCUT2D eigenvalue weighted by Gasteiger charge is -2.32. The van der Waals surface area contributed by atoms with E-state index >= 15 is 0 Å². The molecule has 3 heterocycles. The molecule has 3 aromatic rings. The number of hydrogen-bond donors (Lipinski definition) is 1. The van der Waals surface area contributed by atoms with Crippen molar-refractivity contribution in [3.63, 3.8) is 0 Å². The summed E-state index contributed by atoms with van der Waals surface area (Å²) in [6.45, 7) is 9.28. The van der Waals surface area contributed by atoms with Gasteiger partial charge in [-0.1, -0.05) is 44.2 Å². The van der Waals surface area contributed by atoms with Crippen molar-refractivity contribution >= 4 is 22.7 Å². The van der Waals surface area contributed by atoms with Crippen LogP contribution in [0.1, 0.15) is 36.7 Å². The number of benzene rings is 1. The van der Waals surface area contributed by atoms with Crippen LogP contribution in [0.5, 0.6) is 0 Å². The van der Waals surface area contributed by atoms with E-state index in [-0.39, 0.29) is 17.7 Å². The van der Waals surface area contributed by atoms with Crippen LogP contribution in [0.25, 0.3) is 11.0 Å². The van der Waals surface area contributed by atoms with E-state index in [1.54, 1.807) is 17.7 Å². The molecule has 0 bridgehead atoms. The van der Waals surface area contributed by atoms with Gasteiger partial charge in [0.25, 0.3) is 5.56 Å². The number of anilines is 1. The monoisotopic (exact) mass is 422 g/mol. The molecule has 0 radical (unpaired) electrons. The van der Waals surface area contributed by atoms with Gasteiger partial charge in [0.15, 0.2) is 0 Å². The van der Waals surface area contributed by atoms with E-state index in [0.717, 1.165) is 24.0 Å². The van der Waals surface area contributed by atoms with Gasteiger partial charge in [-0.15, -0.1) is 0 Å². The summed E-state index contributed by atoms with van der Waals surface area (Å²) in [5, 5.41) is 4.09. The Bertz CT molecular complexity index is 1070. The van der Waals surface area contributed by atoms with Crippen LogP contribution in [-0.4, -0.2) is 48.3 Å². The van der Waals surface area contributed by atoms with Gasteiger partial charge in [0.2, 0.25) is 0 Å². The average Bonchev–Trinajstić information content (AvgIpc) is 2.83. The lowest BCUT2D eigenvalue weighted by molar-refractivity contribution is 0.0524. The third kappa shape index (κ3) is 4.77. The van der Waals surface area contributed by atoms with E-state index in [1.807, 2.05) is 56.3 Å². The molecule has 31 heavy (non-hydrogen) atoms. The summed E-state index contributed by atoms with van der Waals surface area (Å²) < 4.78 is 6.85. The number of carbonyl (C=O) groups excluding carboxylic acids is 1. The summed E-state index contributed by atoms with van der Waals surface area (Å²) in [6.07, 6.45) is 1.68. The number of piperazine rings is 1. The fraction of sp³-hybridized carbons (Fsp3) is 0.375. The molecule has 0 atom stereocenters. The summed E-state index contributed by atoms with van der Waals surface area (Å²) in [6, 6.07) is 13.4. The van der Waals surface area contributed by atoms with Crippen LogP contribution in [0, 0.1) is 0 Å². The zero-order valence-electron chi connectivity index (χ0n) is 18.4. The van der Waals surface area contributed by atoms with Crippen LogP contribution in [0.3, 0.4) is 0 Å². The molecule has 0 saturated carbocycles. The highest BCUT2D eigenvalue weighted by atomic mass is 16.5. The molecule has 1 fully saturated rings. The Hall–Kier alpha value is -3.19. The zero-order chi connectivity index (χ0) is 22.2. The van der Waals surface area contributed by atoms with Crippen molar-refractivity contribution in [2.45, 2.75) is 27.3 Å². The largest absolute Gasteiger partial charge is 0.462 e. The van der Waals surface area contributed by atoms with Crippen LogP contribution >= 0.6 is 0 Å². The minimum Gasteiger partial charge on any atom is -0.462 e. The van der Waals surface area contributed by atoms with Crippen LogP contribution in [-0.2, 0) is 11.3 Å². The Balaban J connectivity index is 0.00000132. The standard InChI is InChI=1S/C22H24N4O3.C2H6/c1-2-29-22(28)18-19(25-13-11-23-12-14-25)17-9-6-10-24-20(17)26(21(18)27)15-16-7-4-3-5-8-16;1-2/h3-10,23H,2,11-15H2,1H3;1-2H3. The van der Waals surface area contributed by atoms with Crippen LogP contribution in [0.4, 0.5) is 5.69 Å². The minimum atomic E-state index is -0.585. The predicted octanol–water partition coefficient (Wildman–Crippen LogP) is 3.06. The molecular weight excluding hydrogens is 392 g/mol. The van der Waals surface area contributed by atoms with Gasteiger partial charge in [-0.3, -0.25) is 9.36 Å². The van der Waals surface area contributed by atoms with Gasteiger partial charge in [0, 0.05) is 37.8 Å². The molecule has 1 aliphatic heterocycles. The fourth-order valence-electron chi connectivity index (χ4n) is 3.78. The maximum Gasteiger partial charge on any atom is 0.345 e. The second-order valence-electron chi connectivity index (χ2n) is 6.93.